The number of rotatable bonds is 6. The first kappa shape index (κ1) is 14.2. The van der Waals surface area contributed by atoms with Gasteiger partial charge in [0.15, 0.2) is 0 Å². The van der Waals surface area contributed by atoms with E-state index in [1.54, 1.807) is 19.3 Å². The molecule has 0 aromatic carbocycles. The summed E-state index contributed by atoms with van der Waals surface area (Å²) in [7, 11) is 0. The molecule has 5 heteroatoms. The van der Waals surface area contributed by atoms with E-state index in [9.17, 15) is 9.59 Å². The summed E-state index contributed by atoms with van der Waals surface area (Å²) < 4.78 is 4.75. The lowest BCUT2D eigenvalue weighted by atomic mass is 10.1. The molecule has 0 aliphatic rings. The molecule has 1 heterocycles. The van der Waals surface area contributed by atoms with Crippen LogP contribution in [0.15, 0.2) is 24.5 Å². The second kappa shape index (κ2) is 7.42. The first-order valence-electron chi connectivity index (χ1n) is 5.98. The Balaban J connectivity index is 2.34. The van der Waals surface area contributed by atoms with Crippen molar-refractivity contribution in [3.63, 3.8) is 0 Å². The molecule has 0 aliphatic carbocycles. The molecule has 0 bridgehead atoms. The number of hydrogen-bond donors (Lipinski definition) is 1. The predicted molar refractivity (Wildman–Crippen MR) is 66.7 cm³/mol. The Morgan fingerprint density at radius 1 is 1.33 bits per heavy atom. The van der Waals surface area contributed by atoms with Crippen molar-refractivity contribution in [2.24, 2.45) is 0 Å². The summed E-state index contributed by atoms with van der Waals surface area (Å²) >= 11 is 0. The van der Waals surface area contributed by atoms with Gasteiger partial charge in [0, 0.05) is 18.8 Å². The van der Waals surface area contributed by atoms with Crippen LogP contribution in [0.3, 0.4) is 0 Å². The van der Waals surface area contributed by atoms with Crippen molar-refractivity contribution in [1.29, 1.82) is 0 Å². The number of nitrogens with one attached hydrogen (secondary N) is 1. The largest absolute Gasteiger partial charge is 0.466 e. The second-order valence-corrected chi connectivity index (χ2v) is 3.87. The van der Waals surface area contributed by atoms with E-state index in [1.165, 1.54) is 0 Å². The molecule has 98 valence electrons. The van der Waals surface area contributed by atoms with E-state index in [0.29, 0.717) is 6.61 Å². The van der Waals surface area contributed by atoms with Crippen LogP contribution < -0.4 is 5.32 Å². The summed E-state index contributed by atoms with van der Waals surface area (Å²) in [5, 5.41) is 2.82. The van der Waals surface area contributed by atoms with E-state index in [1.807, 2.05) is 19.1 Å². The summed E-state index contributed by atoms with van der Waals surface area (Å²) in [4.78, 5) is 26.6. The standard InChI is InChI=1S/C13H18N2O3/c1-3-18-13(17)5-4-12(16)15-10(2)11-6-8-14-9-7-11/h6-10H,3-5H2,1-2H3,(H,15,16)/t10-/m0/s1. The lowest BCUT2D eigenvalue weighted by molar-refractivity contribution is -0.144. The van der Waals surface area contributed by atoms with Gasteiger partial charge in [-0.05, 0) is 31.5 Å². The summed E-state index contributed by atoms with van der Waals surface area (Å²) in [5.41, 5.74) is 0.981. The average molecular weight is 250 g/mol. The Labute approximate surface area is 107 Å². The van der Waals surface area contributed by atoms with Crippen molar-refractivity contribution >= 4 is 11.9 Å². The van der Waals surface area contributed by atoms with E-state index in [0.717, 1.165) is 5.56 Å². The third-order valence-corrected chi connectivity index (χ3v) is 2.45. The number of amides is 1. The number of nitrogens with zero attached hydrogens (tertiary/aromatic N) is 1. The number of carbonyl (C=O) groups is 2. The number of esters is 1. The molecule has 0 fully saturated rings. The smallest absolute Gasteiger partial charge is 0.306 e. The maximum Gasteiger partial charge on any atom is 0.306 e. The van der Waals surface area contributed by atoms with E-state index in [4.69, 9.17) is 4.74 Å². The van der Waals surface area contributed by atoms with Crippen LogP contribution in [0, 0.1) is 0 Å². The van der Waals surface area contributed by atoms with E-state index < -0.39 is 0 Å². The molecule has 1 atom stereocenters. The minimum absolute atomic E-state index is 0.0947. The quantitative estimate of drug-likeness (QED) is 0.779. The zero-order chi connectivity index (χ0) is 13.4. The normalized spacial score (nSPS) is 11.7. The van der Waals surface area contributed by atoms with Crippen LogP contribution in [0.1, 0.15) is 38.3 Å². The highest BCUT2D eigenvalue weighted by atomic mass is 16.5. The molecular weight excluding hydrogens is 232 g/mol. The van der Waals surface area contributed by atoms with Crippen molar-refractivity contribution in [2.45, 2.75) is 32.7 Å². The van der Waals surface area contributed by atoms with Crippen molar-refractivity contribution < 1.29 is 14.3 Å². The van der Waals surface area contributed by atoms with Crippen molar-refractivity contribution in [2.75, 3.05) is 6.61 Å². The van der Waals surface area contributed by atoms with Gasteiger partial charge in [-0.2, -0.15) is 0 Å². The number of carbonyl (C=O) groups excluding carboxylic acids is 2. The number of aromatic nitrogens is 1. The van der Waals surface area contributed by atoms with Crippen LogP contribution in [-0.2, 0) is 14.3 Å². The summed E-state index contributed by atoms with van der Waals surface area (Å²) in [6, 6.07) is 3.59. The fourth-order valence-corrected chi connectivity index (χ4v) is 1.50. The van der Waals surface area contributed by atoms with Gasteiger partial charge in [-0.3, -0.25) is 14.6 Å². The van der Waals surface area contributed by atoms with Gasteiger partial charge in [0.05, 0.1) is 19.1 Å². The fraction of sp³-hybridized carbons (Fsp3) is 0.462. The topological polar surface area (TPSA) is 68.3 Å². The maximum atomic E-state index is 11.6. The molecule has 0 radical (unpaired) electrons. The second-order valence-electron chi connectivity index (χ2n) is 3.87. The molecule has 1 N–H and O–H groups in total. The third-order valence-electron chi connectivity index (χ3n) is 2.45. The van der Waals surface area contributed by atoms with Crippen LogP contribution in [0.5, 0.6) is 0 Å². The highest BCUT2D eigenvalue weighted by Crippen LogP contribution is 2.10. The van der Waals surface area contributed by atoms with Crippen LogP contribution >= 0.6 is 0 Å². The molecule has 0 saturated carbocycles. The minimum Gasteiger partial charge on any atom is -0.466 e. The Hall–Kier alpha value is -1.91. The van der Waals surface area contributed by atoms with E-state index in [2.05, 4.69) is 10.3 Å². The Morgan fingerprint density at radius 3 is 2.61 bits per heavy atom. The van der Waals surface area contributed by atoms with Gasteiger partial charge in [-0.15, -0.1) is 0 Å². The van der Waals surface area contributed by atoms with Gasteiger partial charge in [0.1, 0.15) is 0 Å². The van der Waals surface area contributed by atoms with E-state index in [-0.39, 0.29) is 30.8 Å². The lowest BCUT2D eigenvalue weighted by Crippen LogP contribution is -2.27. The van der Waals surface area contributed by atoms with Gasteiger partial charge in [-0.25, -0.2) is 0 Å². The van der Waals surface area contributed by atoms with Crippen LogP contribution in [0.4, 0.5) is 0 Å². The van der Waals surface area contributed by atoms with Gasteiger partial charge in [0.25, 0.3) is 0 Å². The summed E-state index contributed by atoms with van der Waals surface area (Å²) in [6.45, 7) is 3.97. The molecule has 0 saturated heterocycles. The fourth-order valence-electron chi connectivity index (χ4n) is 1.50. The van der Waals surface area contributed by atoms with Gasteiger partial charge < -0.3 is 10.1 Å². The zero-order valence-corrected chi connectivity index (χ0v) is 10.7. The molecule has 0 spiro atoms. The zero-order valence-electron chi connectivity index (χ0n) is 10.7. The average Bonchev–Trinajstić information content (AvgIpc) is 2.38. The van der Waals surface area contributed by atoms with Crippen molar-refractivity contribution in [3.8, 4) is 0 Å². The number of pyridine rings is 1. The predicted octanol–water partition coefficient (Wildman–Crippen LogP) is 1.60. The highest BCUT2D eigenvalue weighted by molar-refractivity contribution is 5.81. The lowest BCUT2D eigenvalue weighted by Gasteiger charge is -2.13. The van der Waals surface area contributed by atoms with Crippen LogP contribution in [0.2, 0.25) is 0 Å². The summed E-state index contributed by atoms with van der Waals surface area (Å²) in [5.74, 6) is -0.503. The molecule has 1 rings (SSSR count). The number of hydrogen-bond acceptors (Lipinski definition) is 4. The molecule has 0 unspecified atom stereocenters. The van der Waals surface area contributed by atoms with Crippen molar-refractivity contribution in [1.82, 2.24) is 10.3 Å². The molecule has 5 nitrogen and oxygen atoms in total. The van der Waals surface area contributed by atoms with Crippen LogP contribution in [0.25, 0.3) is 0 Å². The minimum atomic E-state index is -0.343. The Bertz CT molecular complexity index is 392. The van der Waals surface area contributed by atoms with E-state index >= 15 is 0 Å². The van der Waals surface area contributed by atoms with Gasteiger partial charge in [-0.1, -0.05) is 0 Å². The highest BCUT2D eigenvalue weighted by Gasteiger charge is 2.11. The first-order valence-corrected chi connectivity index (χ1v) is 5.98. The van der Waals surface area contributed by atoms with Gasteiger partial charge in [0.2, 0.25) is 5.91 Å². The van der Waals surface area contributed by atoms with Gasteiger partial charge >= 0.3 is 5.97 Å². The third kappa shape index (κ3) is 4.95. The number of ether oxygens (including phenoxy) is 1. The SMILES string of the molecule is CCOC(=O)CCC(=O)N[C@@H](C)c1ccncc1. The van der Waals surface area contributed by atoms with Crippen molar-refractivity contribution in [3.05, 3.63) is 30.1 Å². The molecular formula is C13H18N2O3. The molecule has 1 aromatic heterocycles. The monoisotopic (exact) mass is 250 g/mol. The Kier molecular flexibility index (Phi) is 5.84. The van der Waals surface area contributed by atoms with Crippen LogP contribution in [-0.4, -0.2) is 23.5 Å². The Morgan fingerprint density at radius 2 is 2.00 bits per heavy atom. The summed E-state index contributed by atoms with van der Waals surface area (Å²) in [6.07, 6.45) is 3.62. The molecule has 18 heavy (non-hydrogen) atoms. The molecule has 0 aliphatic heterocycles. The maximum absolute atomic E-state index is 11.6. The first-order chi connectivity index (χ1) is 8.63. The molecule has 1 aromatic rings. The molecule has 1 amide bonds.